The van der Waals surface area contributed by atoms with E-state index in [0.29, 0.717) is 0 Å². The summed E-state index contributed by atoms with van der Waals surface area (Å²) in [5, 5.41) is 0. The maximum atomic E-state index is 2.46. The molecule has 0 nitrogen and oxygen atoms in total. The van der Waals surface area contributed by atoms with Crippen molar-refractivity contribution in [1.82, 2.24) is 0 Å². The van der Waals surface area contributed by atoms with Crippen LogP contribution in [0.4, 0.5) is 0 Å². The molecular formula is C17H28. The molecule has 2 atom stereocenters. The molecule has 2 unspecified atom stereocenters. The van der Waals surface area contributed by atoms with Crippen LogP contribution >= 0.6 is 0 Å². The van der Waals surface area contributed by atoms with E-state index in [9.17, 15) is 0 Å². The van der Waals surface area contributed by atoms with Gasteiger partial charge >= 0.3 is 0 Å². The summed E-state index contributed by atoms with van der Waals surface area (Å²) in [5.41, 5.74) is 0. The Morgan fingerprint density at radius 2 is 1.88 bits per heavy atom. The van der Waals surface area contributed by atoms with E-state index in [1.165, 1.54) is 44.9 Å². The van der Waals surface area contributed by atoms with Gasteiger partial charge in [0.15, 0.2) is 0 Å². The smallest absolute Gasteiger partial charge is 0.0136 e. The van der Waals surface area contributed by atoms with Crippen molar-refractivity contribution in [1.29, 1.82) is 0 Å². The summed E-state index contributed by atoms with van der Waals surface area (Å²) in [6.07, 6.45) is 23.2. The Kier molecular flexibility index (Phi) is 7.79. The molecule has 0 aliphatic heterocycles. The summed E-state index contributed by atoms with van der Waals surface area (Å²) < 4.78 is 0. The van der Waals surface area contributed by atoms with Crippen LogP contribution in [0.1, 0.15) is 58.8 Å². The van der Waals surface area contributed by atoms with Crippen molar-refractivity contribution in [2.24, 2.45) is 11.8 Å². The summed E-state index contributed by atoms with van der Waals surface area (Å²) in [6.45, 7) is 4.48. The molecule has 0 spiro atoms. The summed E-state index contributed by atoms with van der Waals surface area (Å²) in [5.74, 6) is 1.52. The number of allylic oxidation sites excluding steroid dienone is 6. The Morgan fingerprint density at radius 3 is 2.53 bits per heavy atom. The number of rotatable bonds is 8. The lowest BCUT2D eigenvalue weighted by atomic mass is 9.88. The molecule has 0 aromatic rings. The molecule has 0 bridgehead atoms. The van der Waals surface area contributed by atoms with Crippen molar-refractivity contribution in [2.45, 2.75) is 58.8 Å². The topological polar surface area (TPSA) is 0 Å². The van der Waals surface area contributed by atoms with Gasteiger partial charge in [-0.1, -0.05) is 63.1 Å². The van der Waals surface area contributed by atoms with Crippen LogP contribution < -0.4 is 0 Å². The first-order valence-corrected chi connectivity index (χ1v) is 7.36. The third-order valence-corrected chi connectivity index (χ3v) is 3.47. The SMILES string of the molecule is CCCC=CCC(C=CCCC)C1C=CCC1. The molecule has 0 saturated carbocycles. The minimum Gasteiger partial charge on any atom is -0.0885 e. The largest absolute Gasteiger partial charge is 0.0885 e. The van der Waals surface area contributed by atoms with Crippen LogP contribution in [0.3, 0.4) is 0 Å². The molecule has 0 radical (unpaired) electrons. The quantitative estimate of drug-likeness (QED) is 0.473. The molecular weight excluding hydrogens is 204 g/mol. The van der Waals surface area contributed by atoms with E-state index in [1.807, 2.05) is 0 Å². The van der Waals surface area contributed by atoms with Crippen molar-refractivity contribution < 1.29 is 0 Å². The van der Waals surface area contributed by atoms with E-state index >= 15 is 0 Å². The van der Waals surface area contributed by atoms with Gasteiger partial charge in [-0.25, -0.2) is 0 Å². The standard InChI is InChI=1S/C17H28/c1-3-5-7-9-13-16(12-8-6-4-2)17-14-10-11-15-17/h7-10,12,14,16-17H,3-6,11,13,15H2,1-2H3. The monoisotopic (exact) mass is 232 g/mol. The summed E-state index contributed by atoms with van der Waals surface area (Å²) in [6, 6.07) is 0. The van der Waals surface area contributed by atoms with E-state index in [-0.39, 0.29) is 0 Å². The van der Waals surface area contributed by atoms with Gasteiger partial charge in [-0.05, 0) is 43.9 Å². The lowest BCUT2D eigenvalue weighted by molar-refractivity contribution is 0.470. The highest BCUT2D eigenvalue weighted by Gasteiger charge is 2.17. The van der Waals surface area contributed by atoms with Crippen molar-refractivity contribution in [3.8, 4) is 0 Å². The van der Waals surface area contributed by atoms with Crippen LogP contribution in [0.25, 0.3) is 0 Å². The van der Waals surface area contributed by atoms with Crippen molar-refractivity contribution in [3.63, 3.8) is 0 Å². The molecule has 1 rings (SSSR count). The van der Waals surface area contributed by atoms with E-state index in [2.05, 4.69) is 50.3 Å². The minimum atomic E-state index is 0.730. The van der Waals surface area contributed by atoms with Crippen molar-refractivity contribution in [3.05, 3.63) is 36.5 Å². The zero-order valence-electron chi connectivity index (χ0n) is 11.6. The predicted octanol–water partition coefficient (Wildman–Crippen LogP) is 5.67. The second-order valence-electron chi connectivity index (χ2n) is 5.05. The van der Waals surface area contributed by atoms with Gasteiger partial charge in [0.05, 0.1) is 0 Å². The third kappa shape index (κ3) is 5.91. The van der Waals surface area contributed by atoms with E-state index in [0.717, 1.165) is 11.8 Å². The summed E-state index contributed by atoms with van der Waals surface area (Å²) >= 11 is 0. The first kappa shape index (κ1) is 14.3. The number of hydrogen-bond acceptors (Lipinski definition) is 0. The highest BCUT2D eigenvalue weighted by Crippen LogP contribution is 2.29. The van der Waals surface area contributed by atoms with Crippen LogP contribution in [0.2, 0.25) is 0 Å². The number of hydrogen-bond donors (Lipinski definition) is 0. The Morgan fingerprint density at radius 1 is 1.12 bits per heavy atom. The first-order chi connectivity index (χ1) is 8.38. The molecule has 1 aliphatic carbocycles. The Balaban J connectivity index is 2.43. The molecule has 96 valence electrons. The summed E-state index contributed by atoms with van der Waals surface area (Å²) in [7, 11) is 0. The Bertz CT molecular complexity index is 257. The average Bonchev–Trinajstić information content (AvgIpc) is 2.86. The van der Waals surface area contributed by atoms with E-state index in [4.69, 9.17) is 0 Å². The molecule has 0 fully saturated rings. The third-order valence-electron chi connectivity index (χ3n) is 3.47. The maximum absolute atomic E-state index is 2.46. The molecule has 0 aromatic heterocycles. The molecule has 1 aliphatic rings. The van der Waals surface area contributed by atoms with Gasteiger partial charge in [0.25, 0.3) is 0 Å². The van der Waals surface area contributed by atoms with Gasteiger partial charge < -0.3 is 0 Å². The molecule has 0 aromatic carbocycles. The lowest BCUT2D eigenvalue weighted by Crippen LogP contribution is -2.07. The first-order valence-electron chi connectivity index (χ1n) is 7.36. The van der Waals surface area contributed by atoms with Crippen LogP contribution in [-0.2, 0) is 0 Å². The van der Waals surface area contributed by atoms with Gasteiger partial charge in [-0.3, -0.25) is 0 Å². The van der Waals surface area contributed by atoms with Gasteiger partial charge in [0, 0.05) is 0 Å². The summed E-state index contributed by atoms with van der Waals surface area (Å²) in [4.78, 5) is 0. The molecule has 0 amide bonds. The predicted molar refractivity (Wildman–Crippen MR) is 78.1 cm³/mol. The minimum absolute atomic E-state index is 0.730. The van der Waals surface area contributed by atoms with Gasteiger partial charge in [0.2, 0.25) is 0 Å². The highest BCUT2D eigenvalue weighted by molar-refractivity contribution is 5.06. The molecule has 0 N–H and O–H groups in total. The number of unbranched alkanes of at least 4 members (excludes halogenated alkanes) is 2. The second-order valence-corrected chi connectivity index (χ2v) is 5.05. The molecule has 17 heavy (non-hydrogen) atoms. The zero-order chi connectivity index (χ0) is 12.3. The zero-order valence-corrected chi connectivity index (χ0v) is 11.6. The fourth-order valence-electron chi connectivity index (χ4n) is 2.38. The van der Waals surface area contributed by atoms with Gasteiger partial charge in [-0.15, -0.1) is 0 Å². The molecule has 0 heterocycles. The normalized spacial score (nSPS) is 21.9. The van der Waals surface area contributed by atoms with Gasteiger partial charge in [-0.2, -0.15) is 0 Å². The fourth-order valence-corrected chi connectivity index (χ4v) is 2.38. The van der Waals surface area contributed by atoms with Gasteiger partial charge in [0.1, 0.15) is 0 Å². The fraction of sp³-hybridized carbons (Fsp3) is 0.647. The Labute approximate surface area is 108 Å². The highest BCUT2D eigenvalue weighted by atomic mass is 14.2. The maximum Gasteiger partial charge on any atom is -0.0136 e. The van der Waals surface area contributed by atoms with Crippen LogP contribution in [0.5, 0.6) is 0 Å². The van der Waals surface area contributed by atoms with Crippen molar-refractivity contribution >= 4 is 0 Å². The van der Waals surface area contributed by atoms with Crippen LogP contribution in [0, 0.1) is 11.8 Å². The van der Waals surface area contributed by atoms with Crippen LogP contribution in [0.15, 0.2) is 36.5 Å². The van der Waals surface area contributed by atoms with E-state index < -0.39 is 0 Å². The lowest BCUT2D eigenvalue weighted by Gasteiger charge is -2.17. The van der Waals surface area contributed by atoms with E-state index in [1.54, 1.807) is 0 Å². The van der Waals surface area contributed by atoms with Crippen LogP contribution in [-0.4, -0.2) is 0 Å². The second kappa shape index (κ2) is 9.27. The Hall–Kier alpha value is -0.780. The average molecular weight is 232 g/mol. The molecule has 0 saturated heterocycles. The van der Waals surface area contributed by atoms with Crippen molar-refractivity contribution in [2.75, 3.05) is 0 Å². The molecule has 0 heteroatoms.